The summed E-state index contributed by atoms with van der Waals surface area (Å²) in [6.45, 7) is 16.3. The summed E-state index contributed by atoms with van der Waals surface area (Å²) in [4.78, 5) is 0. The van der Waals surface area contributed by atoms with Crippen molar-refractivity contribution in [1.29, 1.82) is 0 Å². The maximum Gasteiger partial charge on any atom is 0.135 e. The normalized spacial score (nSPS) is 17.2. The molecule has 1 aliphatic carbocycles. The molecule has 0 amide bonds. The molecular formula is C37H44OP2. The standard InChI is InChI=1S/C37H44OP2/c1-7-13-18-30-36(39(32(11-5)24-10-4)34-26-20-16-21-27-34)38-37(31-19-14-8-2)40(33(12-6)25-15-9-3)35-28-22-17-23-29-35/h7-15,17-20,22-31,40H,1,6,16,21H2,2-5H3/b14-8-,15-9-,18-13-,24-10-,31-19-,32-11+,33-25+,36-30-. The molecule has 0 radical (unpaired) electrons. The Labute approximate surface area is 245 Å². The minimum Gasteiger partial charge on any atom is -0.456 e. The van der Waals surface area contributed by atoms with Gasteiger partial charge in [0.05, 0.1) is 0 Å². The van der Waals surface area contributed by atoms with Crippen LogP contribution in [0.2, 0.25) is 0 Å². The van der Waals surface area contributed by atoms with Gasteiger partial charge < -0.3 is 4.74 Å². The van der Waals surface area contributed by atoms with Crippen molar-refractivity contribution in [2.75, 3.05) is 0 Å². The van der Waals surface area contributed by atoms with E-state index < -0.39 is 15.5 Å². The fraction of sp³-hybridized carbons (Fsp3) is 0.162. The van der Waals surface area contributed by atoms with Gasteiger partial charge in [0.2, 0.25) is 0 Å². The molecule has 0 bridgehead atoms. The summed E-state index contributed by atoms with van der Waals surface area (Å²) < 4.78 is 7.15. The maximum absolute atomic E-state index is 7.15. The summed E-state index contributed by atoms with van der Waals surface area (Å²) in [6, 6.07) is 10.6. The second-order valence-electron chi connectivity index (χ2n) is 8.73. The van der Waals surface area contributed by atoms with Gasteiger partial charge in [-0.2, -0.15) is 0 Å². The van der Waals surface area contributed by atoms with Crippen molar-refractivity contribution in [3.05, 3.63) is 174 Å². The Morgan fingerprint density at radius 2 is 1.62 bits per heavy atom. The van der Waals surface area contributed by atoms with Gasteiger partial charge in [0.1, 0.15) is 11.0 Å². The highest BCUT2D eigenvalue weighted by atomic mass is 31.1. The topological polar surface area (TPSA) is 9.23 Å². The molecule has 0 heterocycles. The van der Waals surface area contributed by atoms with Crippen LogP contribution in [0.5, 0.6) is 0 Å². The number of hydrogen-bond donors (Lipinski definition) is 0. The van der Waals surface area contributed by atoms with E-state index in [1.165, 1.54) is 15.9 Å². The lowest BCUT2D eigenvalue weighted by Gasteiger charge is -2.27. The van der Waals surface area contributed by atoms with Crippen LogP contribution in [0.25, 0.3) is 0 Å². The van der Waals surface area contributed by atoms with Crippen LogP contribution in [0.15, 0.2) is 174 Å². The average molecular weight is 567 g/mol. The minimum absolute atomic E-state index is 0.921. The summed E-state index contributed by atoms with van der Waals surface area (Å²) >= 11 is 0. The van der Waals surface area contributed by atoms with E-state index in [4.69, 9.17) is 4.74 Å². The molecule has 2 unspecified atom stereocenters. The van der Waals surface area contributed by atoms with Crippen LogP contribution in [0.4, 0.5) is 0 Å². The lowest BCUT2D eigenvalue weighted by atomic mass is 10.2. The van der Waals surface area contributed by atoms with Gasteiger partial charge in [-0.15, -0.1) is 0 Å². The van der Waals surface area contributed by atoms with Crippen molar-refractivity contribution in [2.24, 2.45) is 0 Å². The summed E-state index contributed by atoms with van der Waals surface area (Å²) in [6.07, 6.45) is 40.0. The molecule has 0 spiro atoms. The molecule has 3 heteroatoms. The first-order valence-electron chi connectivity index (χ1n) is 13.8. The van der Waals surface area contributed by atoms with Gasteiger partial charge >= 0.3 is 0 Å². The van der Waals surface area contributed by atoms with Gasteiger partial charge in [-0.3, -0.25) is 0 Å². The van der Waals surface area contributed by atoms with Crippen molar-refractivity contribution in [3.63, 3.8) is 0 Å². The monoisotopic (exact) mass is 566 g/mol. The SMILES string of the molecule is C=C/C=C\C=C(\OC(/C=C\C=C/C)=[PH](\C(C=C)=C\C=C/C)c1ccccc1)P(C1=CCCC=C1)C(/C=C\C)=C/C. The van der Waals surface area contributed by atoms with E-state index in [1.54, 1.807) is 6.08 Å². The second kappa shape index (κ2) is 19.7. The van der Waals surface area contributed by atoms with E-state index >= 15 is 0 Å². The zero-order valence-corrected chi connectivity index (χ0v) is 26.4. The Bertz CT molecular complexity index is 1320. The lowest BCUT2D eigenvalue weighted by Crippen LogP contribution is -2.08. The van der Waals surface area contributed by atoms with Gasteiger partial charge in [0.15, 0.2) is 0 Å². The molecule has 1 aromatic carbocycles. The highest BCUT2D eigenvalue weighted by Crippen LogP contribution is 2.61. The molecule has 0 N–H and O–H groups in total. The van der Waals surface area contributed by atoms with Gasteiger partial charge in [0, 0.05) is 7.92 Å². The van der Waals surface area contributed by atoms with Crippen molar-refractivity contribution in [3.8, 4) is 0 Å². The Morgan fingerprint density at radius 3 is 2.23 bits per heavy atom. The number of benzene rings is 1. The lowest BCUT2D eigenvalue weighted by molar-refractivity contribution is 0.469. The van der Waals surface area contributed by atoms with Crippen molar-refractivity contribution in [2.45, 2.75) is 40.5 Å². The predicted octanol–water partition coefficient (Wildman–Crippen LogP) is 11.2. The van der Waals surface area contributed by atoms with Gasteiger partial charge in [0.25, 0.3) is 0 Å². The molecule has 2 atom stereocenters. The molecule has 2 rings (SSSR count). The van der Waals surface area contributed by atoms with Gasteiger partial charge in [-0.1, -0.05) is 141 Å². The maximum atomic E-state index is 7.15. The highest BCUT2D eigenvalue weighted by Gasteiger charge is 2.24. The number of rotatable bonds is 14. The highest BCUT2D eigenvalue weighted by molar-refractivity contribution is 7.72. The van der Waals surface area contributed by atoms with Crippen molar-refractivity contribution in [1.82, 2.24) is 0 Å². The Kier molecular flexibility index (Phi) is 16.1. The Morgan fingerprint density at radius 1 is 0.850 bits per heavy atom. The number of ether oxygens (including phenoxy) is 1. The van der Waals surface area contributed by atoms with Crippen LogP contribution < -0.4 is 5.30 Å². The average Bonchev–Trinajstić information content (AvgIpc) is 2.99. The van der Waals surface area contributed by atoms with E-state index in [-0.39, 0.29) is 0 Å². The predicted molar refractivity (Wildman–Crippen MR) is 187 cm³/mol. The molecule has 0 saturated heterocycles. The van der Waals surface area contributed by atoms with E-state index in [2.05, 4.69) is 124 Å². The zero-order chi connectivity index (χ0) is 29.0. The minimum atomic E-state index is -1.52. The molecule has 0 fully saturated rings. The fourth-order valence-electron chi connectivity index (χ4n) is 4.05. The first-order chi connectivity index (χ1) is 19.6. The van der Waals surface area contributed by atoms with E-state index in [0.717, 1.165) is 29.1 Å². The quantitative estimate of drug-likeness (QED) is 0.124. The van der Waals surface area contributed by atoms with E-state index in [0.29, 0.717) is 0 Å². The summed E-state index contributed by atoms with van der Waals surface area (Å²) in [5.41, 5.74) is 1.87. The third kappa shape index (κ3) is 10.3. The van der Waals surface area contributed by atoms with Crippen LogP contribution in [-0.4, -0.2) is 5.48 Å². The van der Waals surface area contributed by atoms with Crippen molar-refractivity contribution < 1.29 is 4.74 Å². The van der Waals surface area contributed by atoms with Crippen LogP contribution in [0.1, 0.15) is 40.5 Å². The Balaban J connectivity index is 2.95. The molecule has 0 saturated carbocycles. The first kappa shape index (κ1) is 32.8. The number of hydrogen-bond acceptors (Lipinski definition) is 1. The van der Waals surface area contributed by atoms with E-state index in [1.807, 2.05) is 50.3 Å². The molecular weight excluding hydrogens is 522 g/mol. The third-order valence-corrected chi connectivity index (χ3v) is 11.0. The first-order valence-corrected chi connectivity index (χ1v) is 16.7. The summed E-state index contributed by atoms with van der Waals surface area (Å²) in [5, 5.41) is 4.97. The van der Waals surface area contributed by atoms with Crippen LogP contribution in [0.3, 0.4) is 0 Å². The summed E-state index contributed by atoms with van der Waals surface area (Å²) in [7, 11) is -2.44. The number of allylic oxidation sites excluding steroid dienone is 20. The van der Waals surface area contributed by atoms with Crippen molar-refractivity contribution >= 4 is 26.3 Å². The molecule has 1 nitrogen and oxygen atoms in total. The Hall–Kier alpha value is -3.37. The summed E-state index contributed by atoms with van der Waals surface area (Å²) in [5.74, 6) is 0. The van der Waals surface area contributed by atoms with Crippen LogP contribution in [-0.2, 0) is 4.74 Å². The molecule has 0 aliphatic heterocycles. The molecule has 0 aromatic heterocycles. The van der Waals surface area contributed by atoms with E-state index in [9.17, 15) is 0 Å². The molecule has 1 aromatic rings. The van der Waals surface area contributed by atoms with Gasteiger partial charge in [-0.05, 0) is 81.5 Å². The third-order valence-electron chi connectivity index (χ3n) is 5.88. The van der Waals surface area contributed by atoms with Crippen LogP contribution >= 0.6 is 15.5 Å². The zero-order valence-electron chi connectivity index (χ0n) is 24.5. The second-order valence-corrected chi connectivity index (χ2v) is 13.3. The molecule has 208 valence electrons. The molecule has 1 aliphatic rings. The van der Waals surface area contributed by atoms with Crippen LogP contribution in [0, 0.1) is 0 Å². The molecule has 40 heavy (non-hydrogen) atoms. The fourth-order valence-corrected chi connectivity index (χ4v) is 8.86. The smallest absolute Gasteiger partial charge is 0.135 e. The van der Waals surface area contributed by atoms with Gasteiger partial charge in [-0.25, -0.2) is 0 Å². The largest absolute Gasteiger partial charge is 0.456 e.